The van der Waals surface area contributed by atoms with E-state index in [2.05, 4.69) is 48.2 Å². The Balaban J connectivity index is 1.79. The van der Waals surface area contributed by atoms with E-state index in [4.69, 9.17) is 9.47 Å². The second kappa shape index (κ2) is 7.16. The normalized spacial score (nSPS) is 18.0. The number of anilines is 2. The molecule has 1 fully saturated rings. The van der Waals surface area contributed by atoms with Gasteiger partial charge in [0, 0.05) is 25.4 Å². The summed E-state index contributed by atoms with van der Waals surface area (Å²) >= 11 is 2.20. The highest BCUT2D eigenvalue weighted by molar-refractivity contribution is 14.1. The summed E-state index contributed by atoms with van der Waals surface area (Å²) in [5.41, 5.74) is 0.839. The Bertz CT molecular complexity index is 632. The van der Waals surface area contributed by atoms with E-state index >= 15 is 0 Å². The van der Waals surface area contributed by atoms with Crippen molar-refractivity contribution in [1.82, 2.24) is 20.3 Å². The molecule has 8 heteroatoms. The minimum atomic E-state index is -0.111. The zero-order chi connectivity index (χ0) is 15.4. The predicted octanol–water partition coefficient (Wildman–Crippen LogP) is 1.89. The van der Waals surface area contributed by atoms with Gasteiger partial charge in [0.05, 0.1) is 29.2 Å². The monoisotopic (exact) mass is 413 g/mol. The molecule has 1 saturated heterocycles. The van der Waals surface area contributed by atoms with Crippen LogP contribution >= 0.6 is 22.6 Å². The van der Waals surface area contributed by atoms with Crippen LogP contribution in [0.3, 0.4) is 0 Å². The van der Waals surface area contributed by atoms with Crippen LogP contribution in [0.5, 0.6) is 5.88 Å². The first kappa shape index (κ1) is 15.4. The number of hydrogen-bond donors (Lipinski definition) is 2. The average molecular weight is 413 g/mol. The molecule has 0 spiro atoms. The smallest absolute Gasteiger partial charge is 0.213 e. The van der Waals surface area contributed by atoms with Crippen molar-refractivity contribution in [1.29, 1.82) is 0 Å². The maximum atomic E-state index is 5.69. The third-order valence-corrected chi connectivity index (χ3v) is 3.98. The lowest BCUT2D eigenvalue weighted by atomic mass is 10.3. The van der Waals surface area contributed by atoms with Gasteiger partial charge in [-0.25, -0.2) is 15.0 Å². The largest absolute Gasteiger partial charge is 0.481 e. The summed E-state index contributed by atoms with van der Waals surface area (Å²) < 4.78 is 11.7. The molecule has 116 valence electrons. The van der Waals surface area contributed by atoms with E-state index in [9.17, 15) is 0 Å². The molecular formula is C14H16IN5O2. The van der Waals surface area contributed by atoms with Gasteiger partial charge in [-0.05, 0) is 28.7 Å². The van der Waals surface area contributed by atoms with E-state index in [1.165, 1.54) is 0 Å². The van der Waals surface area contributed by atoms with Gasteiger partial charge < -0.3 is 20.1 Å². The molecule has 0 aliphatic carbocycles. The van der Waals surface area contributed by atoms with E-state index in [-0.39, 0.29) is 6.10 Å². The van der Waals surface area contributed by atoms with Crippen molar-refractivity contribution in [2.75, 3.05) is 32.1 Å². The number of methoxy groups -OCH3 is 1. The first-order valence-electron chi connectivity index (χ1n) is 6.88. The van der Waals surface area contributed by atoms with Crippen molar-refractivity contribution in [3.05, 3.63) is 33.9 Å². The summed E-state index contributed by atoms with van der Waals surface area (Å²) in [6.45, 7) is 2.26. The molecular weight excluding hydrogens is 397 g/mol. The third-order valence-electron chi connectivity index (χ3n) is 3.19. The molecule has 1 unspecified atom stereocenters. The Morgan fingerprint density at radius 3 is 2.95 bits per heavy atom. The number of aromatic nitrogens is 3. The molecule has 7 nitrogen and oxygen atoms in total. The van der Waals surface area contributed by atoms with Gasteiger partial charge in [-0.1, -0.05) is 0 Å². The van der Waals surface area contributed by atoms with Crippen molar-refractivity contribution < 1.29 is 9.47 Å². The van der Waals surface area contributed by atoms with Gasteiger partial charge in [0.15, 0.2) is 5.82 Å². The molecule has 0 bridgehead atoms. The lowest BCUT2D eigenvalue weighted by Crippen LogP contribution is -2.34. The number of pyridine rings is 1. The molecule has 3 rings (SSSR count). The Kier molecular flexibility index (Phi) is 5.01. The predicted molar refractivity (Wildman–Crippen MR) is 90.4 cm³/mol. The lowest BCUT2D eigenvalue weighted by Gasteiger charge is -2.22. The summed E-state index contributed by atoms with van der Waals surface area (Å²) in [6, 6.07) is 3.69. The average Bonchev–Trinajstić information content (AvgIpc) is 2.58. The first-order valence-corrected chi connectivity index (χ1v) is 7.96. The highest BCUT2D eigenvalue weighted by Crippen LogP contribution is 2.23. The lowest BCUT2D eigenvalue weighted by molar-refractivity contribution is 0.0222. The van der Waals surface area contributed by atoms with Crippen LogP contribution in [0.1, 0.15) is 11.9 Å². The van der Waals surface area contributed by atoms with E-state index in [1.54, 1.807) is 25.6 Å². The van der Waals surface area contributed by atoms with Crippen molar-refractivity contribution in [2.24, 2.45) is 0 Å². The Labute approximate surface area is 142 Å². The van der Waals surface area contributed by atoms with Crippen LogP contribution in [0.4, 0.5) is 11.5 Å². The maximum Gasteiger partial charge on any atom is 0.213 e. The molecule has 0 saturated carbocycles. The second-order valence-corrected chi connectivity index (χ2v) is 5.86. The van der Waals surface area contributed by atoms with E-state index in [0.29, 0.717) is 18.3 Å². The molecule has 3 heterocycles. The topological polar surface area (TPSA) is 81.2 Å². The van der Waals surface area contributed by atoms with Gasteiger partial charge in [-0.15, -0.1) is 0 Å². The van der Waals surface area contributed by atoms with Crippen LogP contribution in [-0.2, 0) is 4.74 Å². The molecule has 2 N–H and O–H groups in total. The van der Waals surface area contributed by atoms with E-state index in [1.807, 2.05) is 6.07 Å². The van der Waals surface area contributed by atoms with Gasteiger partial charge in [-0.2, -0.15) is 0 Å². The van der Waals surface area contributed by atoms with Gasteiger partial charge >= 0.3 is 0 Å². The number of rotatable bonds is 4. The molecule has 2 aromatic heterocycles. The highest BCUT2D eigenvalue weighted by Gasteiger charge is 2.19. The molecule has 0 radical (unpaired) electrons. The summed E-state index contributed by atoms with van der Waals surface area (Å²) in [6.07, 6.45) is 3.38. The molecule has 0 aromatic carbocycles. The van der Waals surface area contributed by atoms with Gasteiger partial charge in [0.2, 0.25) is 5.88 Å². The third kappa shape index (κ3) is 3.62. The number of nitrogens with one attached hydrogen (secondary N) is 2. The Hall–Kier alpha value is -1.52. The Morgan fingerprint density at radius 1 is 1.36 bits per heavy atom. The molecule has 22 heavy (non-hydrogen) atoms. The molecule has 0 amide bonds. The zero-order valence-electron chi connectivity index (χ0n) is 12.0. The number of halogens is 1. The van der Waals surface area contributed by atoms with Crippen LogP contribution in [-0.4, -0.2) is 41.8 Å². The molecule has 1 atom stereocenters. The van der Waals surface area contributed by atoms with Crippen molar-refractivity contribution in [3.63, 3.8) is 0 Å². The fourth-order valence-corrected chi connectivity index (χ4v) is 2.46. The highest BCUT2D eigenvalue weighted by atomic mass is 127. The molecule has 2 aromatic rings. The number of hydrogen-bond acceptors (Lipinski definition) is 7. The first-order chi connectivity index (χ1) is 10.8. The number of ether oxygens (including phenoxy) is 2. The van der Waals surface area contributed by atoms with Crippen molar-refractivity contribution in [2.45, 2.75) is 6.10 Å². The quantitative estimate of drug-likeness (QED) is 0.741. The summed E-state index contributed by atoms with van der Waals surface area (Å²) in [5, 5.41) is 6.53. The number of nitrogens with zero attached hydrogens (tertiary/aromatic N) is 3. The standard InChI is InChI=1S/C14H16IN5O2/c1-21-12-3-2-9(6-17-12)19-13-10(15)7-18-14(20-13)11-8-16-4-5-22-11/h2-3,6-7,11,16H,4-5,8H2,1H3,(H,18,19,20). The summed E-state index contributed by atoms with van der Waals surface area (Å²) in [4.78, 5) is 13.1. The molecule has 1 aliphatic heterocycles. The fourth-order valence-electron chi connectivity index (χ4n) is 2.07. The Morgan fingerprint density at radius 2 is 2.27 bits per heavy atom. The van der Waals surface area contributed by atoms with Crippen LogP contribution in [0, 0.1) is 3.57 Å². The van der Waals surface area contributed by atoms with Crippen molar-refractivity contribution in [3.8, 4) is 5.88 Å². The van der Waals surface area contributed by atoms with Crippen LogP contribution in [0.15, 0.2) is 24.5 Å². The fraction of sp³-hybridized carbons (Fsp3) is 0.357. The van der Waals surface area contributed by atoms with Crippen LogP contribution in [0.25, 0.3) is 0 Å². The minimum absolute atomic E-state index is 0.111. The van der Waals surface area contributed by atoms with Gasteiger partial charge in [-0.3, -0.25) is 0 Å². The number of morpholine rings is 1. The van der Waals surface area contributed by atoms with E-state index < -0.39 is 0 Å². The molecule has 1 aliphatic rings. The summed E-state index contributed by atoms with van der Waals surface area (Å²) in [7, 11) is 1.59. The maximum absolute atomic E-state index is 5.69. The van der Waals surface area contributed by atoms with E-state index in [0.717, 1.165) is 28.2 Å². The zero-order valence-corrected chi connectivity index (χ0v) is 14.2. The van der Waals surface area contributed by atoms with Gasteiger partial charge in [0.25, 0.3) is 0 Å². The van der Waals surface area contributed by atoms with Crippen LogP contribution < -0.4 is 15.4 Å². The van der Waals surface area contributed by atoms with Gasteiger partial charge in [0.1, 0.15) is 11.9 Å². The summed E-state index contributed by atoms with van der Waals surface area (Å²) in [5.74, 6) is 1.99. The SMILES string of the molecule is COc1ccc(Nc2nc(C3CNCCO3)ncc2I)cn1. The van der Waals surface area contributed by atoms with Crippen LogP contribution in [0.2, 0.25) is 0 Å². The second-order valence-electron chi connectivity index (χ2n) is 4.70. The van der Waals surface area contributed by atoms with Crippen molar-refractivity contribution >= 4 is 34.1 Å². The minimum Gasteiger partial charge on any atom is -0.481 e.